The average molecular weight is 327 g/mol. The molecular weight excluding hydrogens is 296 g/mol. The fourth-order valence-electron chi connectivity index (χ4n) is 2.36. The van der Waals surface area contributed by atoms with E-state index in [0.717, 1.165) is 0 Å². The van der Waals surface area contributed by atoms with Crippen LogP contribution < -0.4 is 0 Å². The molecule has 126 valence electrons. The monoisotopic (exact) mass is 326 g/mol. The predicted octanol–water partition coefficient (Wildman–Crippen LogP) is 3.72. The maximum Gasteiger partial charge on any atom is 0.316 e. The minimum atomic E-state index is -1.80. The summed E-state index contributed by atoms with van der Waals surface area (Å²) in [5.74, 6) is -1.23. The lowest BCUT2D eigenvalue weighted by Crippen LogP contribution is -2.41. The van der Waals surface area contributed by atoms with Gasteiger partial charge in [-0.1, -0.05) is 32.9 Å². The number of rotatable bonds is 5. The molecule has 0 N–H and O–H groups in total. The van der Waals surface area contributed by atoms with E-state index in [0.29, 0.717) is 25.9 Å². The van der Waals surface area contributed by atoms with Crippen molar-refractivity contribution in [3.63, 3.8) is 0 Å². The summed E-state index contributed by atoms with van der Waals surface area (Å²) >= 11 is 0. The van der Waals surface area contributed by atoms with Gasteiger partial charge in [0.25, 0.3) is 0 Å². The zero-order valence-corrected chi connectivity index (χ0v) is 15.8. The van der Waals surface area contributed by atoms with E-state index < -0.39 is 20.2 Å². The zero-order valence-electron chi connectivity index (χ0n) is 14.8. The molecule has 2 atom stereocenters. The number of carbonyl (C=O) groups excluding carboxylic acids is 2. The molecule has 5 heteroatoms. The summed E-state index contributed by atoms with van der Waals surface area (Å²) in [5, 5.41) is 0.157. The number of ketones is 1. The highest BCUT2D eigenvalue weighted by atomic mass is 28.4. The maximum atomic E-state index is 12.2. The molecule has 0 aromatic rings. The Balaban J connectivity index is 2.72. The van der Waals surface area contributed by atoms with E-state index in [-0.39, 0.29) is 16.7 Å². The van der Waals surface area contributed by atoms with Gasteiger partial charge in [-0.05, 0) is 36.9 Å². The summed E-state index contributed by atoms with van der Waals surface area (Å²) in [5.41, 5.74) is 0. The molecule has 0 amide bonds. The number of carbonyl (C=O) groups is 2. The molecule has 1 aliphatic carbocycles. The van der Waals surface area contributed by atoms with Gasteiger partial charge in [-0.2, -0.15) is 0 Å². The molecule has 0 saturated carbocycles. The second kappa shape index (κ2) is 7.55. The van der Waals surface area contributed by atoms with Gasteiger partial charge < -0.3 is 9.16 Å². The molecule has 0 fully saturated rings. The van der Waals surface area contributed by atoms with Gasteiger partial charge in [0.2, 0.25) is 0 Å². The van der Waals surface area contributed by atoms with Gasteiger partial charge in [-0.15, -0.1) is 0 Å². The van der Waals surface area contributed by atoms with Crippen molar-refractivity contribution in [2.75, 3.05) is 13.7 Å². The van der Waals surface area contributed by atoms with Gasteiger partial charge >= 0.3 is 5.97 Å². The standard InChI is InChI=1S/C17H30O4Si/c1-17(2,3)22(5,6)21-12-11-13-9-7-8-10-14(18)15(13)16(19)20-4/h7,9,13,15H,8,10-12H2,1-6H3/t13-,15-/m1/s1. The Morgan fingerprint density at radius 3 is 2.55 bits per heavy atom. The van der Waals surface area contributed by atoms with E-state index in [4.69, 9.17) is 9.16 Å². The lowest BCUT2D eigenvalue weighted by atomic mass is 9.86. The van der Waals surface area contributed by atoms with Gasteiger partial charge in [-0.25, -0.2) is 0 Å². The molecular formula is C17H30O4Si. The highest BCUT2D eigenvalue weighted by Crippen LogP contribution is 2.37. The highest BCUT2D eigenvalue weighted by Gasteiger charge is 2.38. The second-order valence-corrected chi connectivity index (χ2v) is 12.3. The van der Waals surface area contributed by atoms with E-state index in [9.17, 15) is 9.59 Å². The molecule has 1 rings (SSSR count). The summed E-state index contributed by atoms with van der Waals surface area (Å²) in [6.45, 7) is 11.6. The van der Waals surface area contributed by atoms with E-state index in [2.05, 4.69) is 33.9 Å². The number of methoxy groups -OCH3 is 1. The summed E-state index contributed by atoms with van der Waals surface area (Å²) in [4.78, 5) is 24.1. The van der Waals surface area contributed by atoms with E-state index in [1.54, 1.807) is 0 Å². The number of Topliss-reactive ketones (excluding diaryl/α,β-unsaturated/α-hetero) is 1. The first-order valence-corrected chi connectivity index (χ1v) is 10.9. The Hall–Kier alpha value is -0.943. The van der Waals surface area contributed by atoms with Crippen molar-refractivity contribution in [1.29, 1.82) is 0 Å². The number of hydrogen-bond donors (Lipinski definition) is 0. The topological polar surface area (TPSA) is 52.6 Å². The first kappa shape index (κ1) is 19.1. The van der Waals surface area contributed by atoms with Gasteiger partial charge in [0, 0.05) is 13.0 Å². The first-order valence-electron chi connectivity index (χ1n) is 8.01. The van der Waals surface area contributed by atoms with Crippen molar-refractivity contribution < 1.29 is 18.8 Å². The molecule has 0 radical (unpaired) electrons. The molecule has 4 nitrogen and oxygen atoms in total. The van der Waals surface area contributed by atoms with Crippen LogP contribution in [0.1, 0.15) is 40.0 Å². The number of hydrogen-bond acceptors (Lipinski definition) is 4. The maximum absolute atomic E-state index is 12.2. The third-order valence-corrected chi connectivity index (χ3v) is 9.43. The predicted molar refractivity (Wildman–Crippen MR) is 90.1 cm³/mol. The van der Waals surface area contributed by atoms with Crippen LogP contribution in [0.4, 0.5) is 0 Å². The number of ether oxygens (including phenoxy) is 1. The fraction of sp³-hybridized carbons (Fsp3) is 0.765. The molecule has 0 aliphatic heterocycles. The largest absolute Gasteiger partial charge is 0.468 e. The normalized spacial score (nSPS) is 23.3. The summed E-state index contributed by atoms with van der Waals surface area (Å²) in [6.07, 6.45) is 5.77. The zero-order chi connectivity index (χ0) is 17.0. The molecule has 0 aromatic carbocycles. The van der Waals surface area contributed by atoms with Crippen LogP contribution in [0.3, 0.4) is 0 Å². The van der Waals surface area contributed by atoms with Crippen molar-refractivity contribution in [2.24, 2.45) is 11.8 Å². The van der Waals surface area contributed by atoms with Crippen LogP contribution in [0.2, 0.25) is 18.1 Å². The van der Waals surface area contributed by atoms with Crippen molar-refractivity contribution in [3.8, 4) is 0 Å². The lowest BCUT2D eigenvalue weighted by molar-refractivity contribution is -0.151. The van der Waals surface area contributed by atoms with Gasteiger partial charge in [0.05, 0.1) is 7.11 Å². The Bertz CT molecular complexity index is 434. The molecule has 0 aromatic heterocycles. The van der Waals surface area contributed by atoms with Crippen LogP contribution in [0, 0.1) is 11.8 Å². The third kappa shape index (κ3) is 4.78. The van der Waals surface area contributed by atoms with Crippen LogP contribution in [0.15, 0.2) is 12.2 Å². The molecule has 0 unspecified atom stereocenters. The molecule has 0 bridgehead atoms. The average Bonchev–Trinajstić information content (AvgIpc) is 2.58. The number of allylic oxidation sites excluding steroid dienone is 2. The highest BCUT2D eigenvalue weighted by molar-refractivity contribution is 6.74. The molecule has 1 aliphatic rings. The van der Waals surface area contributed by atoms with Gasteiger partial charge in [0.15, 0.2) is 8.32 Å². The molecule has 0 saturated heterocycles. The smallest absolute Gasteiger partial charge is 0.316 e. The Morgan fingerprint density at radius 1 is 1.36 bits per heavy atom. The van der Waals surface area contributed by atoms with E-state index in [1.165, 1.54) is 7.11 Å². The number of esters is 1. The second-order valence-electron chi connectivity index (χ2n) is 7.50. The van der Waals surface area contributed by atoms with Crippen LogP contribution >= 0.6 is 0 Å². The van der Waals surface area contributed by atoms with Crippen LogP contribution in [-0.2, 0) is 18.8 Å². The Labute approximate surface area is 135 Å². The van der Waals surface area contributed by atoms with Crippen LogP contribution in [0.5, 0.6) is 0 Å². The Kier molecular flexibility index (Phi) is 6.56. The van der Waals surface area contributed by atoms with Crippen molar-refractivity contribution >= 4 is 20.1 Å². The summed E-state index contributed by atoms with van der Waals surface area (Å²) in [7, 11) is -0.461. The van der Waals surface area contributed by atoms with Crippen LogP contribution in [-0.4, -0.2) is 33.8 Å². The van der Waals surface area contributed by atoms with Gasteiger partial charge in [-0.3, -0.25) is 9.59 Å². The minimum Gasteiger partial charge on any atom is -0.468 e. The Morgan fingerprint density at radius 2 is 2.00 bits per heavy atom. The third-order valence-electron chi connectivity index (χ3n) is 4.89. The van der Waals surface area contributed by atoms with Crippen molar-refractivity contribution in [1.82, 2.24) is 0 Å². The van der Waals surface area contributed by atoms with Crippen LogP contribution in [0.25, 0.3) is 0 Å². The fourth-order valence-corrected chi connectivity index (χ4v) is 3.43. The quantitative estimate of drug-likeness (QED) is 0.334. The summed E-state index contributed by atoms with van der Waals surface area (Å²) in [6, 6.07) is 0. The van der Waals surface area contributed by atoms with Crippen molar-refractivity contribution in [3.05, 3.63) is 12.2 Å². The molecule has 0 spiro atoms. The lowest BCUT2D eigenvalue weighted by Gasteiger charge is -2.36. The van der Waals surface area contributed by atoms with Gasteiger partial charge in [0.1, 0.15) is 11.7 Å². The molecule has 0 heterocycles. The molecule has 22 heavy (non-hydrogen) atoms. The van der Waals surface area contributed by atoms with E-state index in [1.807, 2.05) is 12.2 Å². The van der Waals surface area contributed by atoms with Crippen molar-refractivity contribution in [2.45, 2.75) is 58.2 Å². The summed E-state index contributed by atoms with van der Waals surface area (Å²) < 4.78 is 11.0. The SMILES string of the molecule is COC(=O)[C@H]1C(=O)CCC=C[C@@H]1CCO[Si](C)(C)C(C)(C)C. The minimum absolute atomic E-state index is 0.0193. The first-order chi connectivity index (χ1) is 10.1. The van der Waals surface area contributed by atoms with E-state index >= 15 is 0 Å².